The Kier molecular flexibility index (Phi) is 3.83. The van der Waals surface area contributed by atoms with Gasteiger partial charge in [0.2, 0.25) is 0 Å². The molecule has 2 fully saturated rings. The highest BCUT2D eigenvalue weighted by Gasteiger charge is 2.34. The number of hydrogen-bond donors (Lipinski definition) is 1. The van der Waals surface area contributed by atoms with E-state index in [2.05, 4.69) is 26.1 Å². The Morgan fingerprint density at radius 3 is 2.62 bits per heavy atom. The van der Waals surface area contributed by atoms with Crippen molar-refractivity contribution in [3.8, 4) is 0 Å². The van der Waals surface area contributed by atoms with Gasteiger partial charge in [0.05, 0.1) is 6.04 Å². The number of amidine groups is 1. The number of nitrogens with one attached hydrogen (secondary N) is 1. The van der Waals surface area contributed by atoms with Crippen LogP contribution in [0, 0.1) is 5.92 Å². The van der Waals surface area contributed by atoms with Crippen molar-refractivity contribution < 1.29 is 0 Å². The zero-order chi connectivity index (χ0) is 11.6. The average molecular weight is 240 g/mol. The normalized spacial score (nSPS) is 35.6. The predicted molar refractivity (Wildman–Crippen MR) is 73.1 cm³/mol. The molecule has 0 radical (unpaired) electrons. The molecule has 0 aromatic carbocycles. The fourth-order valence-corrected chi connectivity index (χ4v) is 4.07. The fraction of sp³-hybridized carbons (Fsp3) is 0.923. The third-order valence-corrected chi connectivity index (χ3v) is 5.49. The second-order valence-corrected chi connectivity index (χ2v) is 6.27. The molecule has 2 atom stereocenters. The van der Waals surface area contributed by atoms with Gasteiger partial charge in [-0.15, -0.1) is 0 Å². The van der Waals surface area contributed by atoms with Crippen molar-refractivity contribution in [3.05, 3.63) is 0 Å². The van der Waals surface area contributed by atoms with Crippen molar-refractivity contribution in [3.63, 3.8) is 0 Å². The zero-order valence-corrected chi connectivity index (χ0v) is 11.6. The lowest BCUT2D eigenvalue weighted by Gasteiger charge is -2.25. The predicted octanol–water partition coefficient (Wildman–Crippen LogP) is 3.43. The molecule has 1 aliphatic heterocycles. The summed E-state index contributed by atoms with van der Waals surface area (Å²) in [7, 11) is 0. The molecule has 0 amide bonds. The molecule has 0 aromatic rings. The summed E-state index contributed by atoms with van der Waals surface area (Å²) in [5.74, 6) is 1.98. The topological polar surface area (TPSA) is 24.4 Å². The van der Waals surface area contributed by atoms with Crippen molar-refractivity contribution in [2.75, 3.05) is 5.75 Å². The quantitative estimate of drug-likeness (QED) is 0.817. The maximum absolute atomic E-state index is 4.92. The Bertz CT molecular complexity index is 271. The van der Waals surface area contributed by atoms with Crippen LogP contribution in [0.15, 0.2) is 4.99 Å². The van der Waals surface area contributed by atoms with Crippen molar-refractivity contribution in [1.82, 2.24) is 5.32 Å². The van der Waals surface area contributed by atoms with Crippen molar-refractivity contribution >= 4 is 16.9 Å². The van der Waals surface area contributed by atoms with Gasteiger partial charge in [-0.25, -0.2) is 0 Å². The first-order valence-corrected chi connectivity index (χ1v) is 7.66. The van der Waals surface area contributed by atoms with E-state index in [1.807, 2.05) is 11.8 Å². The molecule has 1 heterocycles. The van der Waals surface area contributed by atoms with Gasteiger partial charge in [0, 0.05) is 11.3 Å². The van der Waals surface area contributed by atoms with Crippen molar-refractivity contribution in [2.24, 2.45) is 10.9 Å². The van der Waals surface area contributed by atoms with E-state index in [1.165, 1.54) is 43.0 Å². The van der Waals surface area contributed by atoms with E-state index >= 15 is 0 Å². The van der Waals surface area contributed by atoms with Crippen LogP contribution >= 0.6 is 11.8 Å². The molecule has 1 aliphatic carbocycles. The Hall–Kier alpha value is -0.180. The van der Waals surface area contributed by atoms with Gasteiger partial charge >= 0.3 is 0 Å². The lowest BCUT2D eigenvalue weighted by molar-refractivity contribution is 0.406. The molecule has 2 aliphatic rings. The molecular formula is C13H24N2S. The van der Waals surface area contributed by atoms with Crippen LogP contribution in [-0.2, 0) is 0 Å². The average Bonchev–Trinajstić information content (AvgIpc) is 2.88. The minimum Gasteiger partial charge on any atom is -0.359 e. The van der Waals surface area contributed by atoms with Gasteiger partial charge in [-0.3, -0.25) is 4.99 Å². The van der Waals surface area contributed by atoms with Crippen LogP contribution in [0.25, 0.3) is 0 Å². The monoisotopic (exact) mass is 240 g/mol. The highest BCUT2D eigenvalue weighted by molar-refractivity contribution is 8.14. The molecule has 1 N–H and O–H groups in total. The Labute approximate surface area is 104 Å². The van der Waals surface area contributed by atoms with Crippen molar-refractivity contribution in [1.29, 1.82) is 0 Å². The Balaban J connectivity index is 1.99. The van der Waals surface area contributed by atoms with E-state index in [1.54, 1.807) is 0 Å². The Morgan fingerprint density at radius 1 is 1.38 bits per heavy atom. The zero-order valence-electron chi connectivity index (χ0n) is 10.8. The standard InChI is InChI=1S/C13H24N2S/c1-4-13(5-2)9-16-12(15-13)14-11-8-6-7-10(11)3/h10-11H,4-9H2,1-3H3,(H,14,15). The highest BCUT2D eigenvalue weighted by Crippen LogP contribution is 2.32. The van der Waals surface area contributed by atoms with E-state index in [0.717, 1.165) is 5.92 Å². The van der Waals surface area contributed by atoms with Crippen LogP contribution in [0.3, 0.4) is 0 Å². The number of rotatable bonds is 3. The molecule has 2 rings (SSSR count). The van der Waals surface area contributed by atoms with Crippen LogP contribution < -0.4 is 5.32 Å². The first-order chi connectivity index (χ1) is 7.69. The van der Waals surface area contributed by atoms with E-state index in [0.29, 0.717) is 11.6 Å². The Morgan fingerprint density at radius 2 is 2.12 bits per heavy atom. The van der Waals surface area contributed by atoms with Crippen molar-refractivity contribution in [2.45, 2.75) is 64.5 Å². The number of thioether (sulfide) groups is 1. The molecule has 1 saturated carbocycles. The van der Waals surface area contributed by atoms with E-state index in [9.17, 15) is 0 Å². The molecule has 92 valence electrons. The SMILES string of the molecule is CCC1(CC)CSC(=NC2CCCC2C)N1. The molecule has 0 aromatic heterocycles. The lowest BCUT2D eigenvalue weighted by Crippen LogP contribution is -2.42. The maximum atomic E-state index is 4.92. The molecule has 2 nitrogen and oxygen atoms in total. The van der Waals surface area contributed by atoms with Crippen LogP contribution in [0.5, 0.6) is 0 Å². The lowest BCUT2D eigenvalue weighted by atomic mass is 9.96. The number of nitrogens with zero attached hydrogens (tertiary/aromatic N) is 1. The van der Waals surface area contributed by atoms with E-state index in [-0.39, 0.29) is 0 Å². The van der Waals surface area contributed by atoms with Gasteiger partial charge in [0.25, 0.3) is 0 Å². The number of hydrogen-bond acceptors (Lipinski definition) is 2. The molecule has 1 saturated heterocycles. The van der Waals surface area contributed by atoms with Crippen LogP contribution in [0.1, 0.15) is 52.9 Å². The molecule has 3 heteroatoms. The smallest absolute Gasteiger partial charge is 0.157 e. The molecular weight excluding hydrogens is 216 g/mol. The second-order valence-electron chi connectivity index (χ2n) is 5.31. The summed E-state index contributed by atoms with van der Waals surface area (Å²) in [4.78, 5) is 4.92. The summed E-state index contributed by atoms with van der Waals surface area (Å²) in [5, 5.41) is 4.87. The minimum absolute atomic E-state index is 0.325. The summed E-state index contributed by atoms with van der Waals surface area (Å²) >= 11 is 1.93. The second kappa shape index (κ2) is 4.99. The first kappa shape index (κ1) is 12.3. The van der Waals surface area contributed by atoms with Gasteiger partial charge in [-0.1, -0.05) is 39.0 Å². The molecule has 16 heavy (non-hydrogen) atoms. The summed E-state index contributed by atoms with van der Waals surface area (Å²) in [6.45, 7) is 6.89. The summed E-state index contributed by atoms with van der Waals surface area (Å²) < 4.78 is 0. The van der Waals surface area contributed by atoms with Crippen LogP contribution in [0.2, 0.25) is 0 Å². The molecule has 2 unspecified atom stereocenters. The summed E-state index contributed by atoms with van der Waals surface area (Å²) in [5.41, 5.74) is 0.325. The number of aliphatic imine (C=N–C) groups is 1. The van der Waals surface area contributed by atoms with Gasteiger partial charge in [0.15, 0.2) is 5.17 Å². The van der Waals surface area contributed by atoms with E-state index in [4.69, 9.17) is 4.99 Å². The van der Waals surface area contributed by atoms with Gasteiger partial charge in [-0.2, -0.15) is 0 Å². The summed E-state index contributed by atoms with van der Waals surface area (Å²) in [6.07, 6.45) is 6.42. The third-order valence-electron chi connectivity index (χ3n) is 4.31. The fourth-order valence-electron chi connectivity index (χ4n) is 2.67. The largest absolute Gasteiger partial charge is 0.359 e. The van der Waals surface area contributed by atoms with Gasteiger partial charge in [-0.05, 0) is 31.6 Å². The third kappa shape index (κ3) is 2.39. The highest BCUT2D eigenvalue weighted by atomic mass is 32.2. The molecule has 0 bridgehead atoms. The maximum Gasteiger partial charge on any atom is 0.157 e. The first-order valence-electron chi connectivity index (χ1n) is 6.68. The molecule has 0 spiro atoms. The van der Waals surface area contributed by atoms with E-state index < -0.39 is 0 Å². The minimum atomic E-state index is 0.325. The van der Waals surface area contributed by atoms with Crippen LogP contribution in [0.4, 0.5) is 0 Å². The van der Waals surface area contributed by atoms with Gasteiger partial charge in [0.1, 0.15) is 0 Å². The van der Waals surface area contributed by atoms with Crippen LogP contribution in [-0.4, -0.2) is 22.5 Å². The van der Waals surface area contributed by atoms with Gasteiger partial charge < -0.3 is 5.32 Å². The summed E-state index contributed by atoms with van der Waals surface area (Å²) in [6, 6.07) is 0.583.